The largest absolute Gasteiger partial charge is 0.452 e. The van der Waals surface area contributed by atoms with Crippen molar-refractivity contribution >= 4 is 31.9 Å². The SMILES string of the molecule is Cc1nccc(CNCc2cc(Br)c(Br)o2)n1. The molecule has 17 heavy (non-hydrogen) atoms. The van der Waals surface area contributed by atoms with E-state index in [2.05, 4.69) is 47.1 Å². The first-order valence-electron chi connectivity index (χ1n) is 5.08. The van der Waals surface area contributed by atoms with Gasteiger partial charge in [0.25, 0.3) is 0 Å². The van der Waals surface area contributed by atoms with Gasteiger partial charge < -0.3 is 9.73 Å². The number of aromatic nitrogens is 2. The molecule has 2 heterocycles. The number of nitrogens with one attached hydrogen (secondary N) is 1. The second-order valence-corrected chi connectivity index (χ2v) is 5.11. The fourth-order valence-electron chi connectivity index (χ4n) is 1.40. The van der Waals surface area contributed by atoms with Gasteiger partial charge in [-0.3, -0.25) is 0 Å². The van der Waals surface area contributed by atoms with Gasteiger partial charge in [-0.05, 0) is 50.9 Å². The van der Waals surface area contributed by atoms with Gasteiger partial charge >= 0.3 is 0 Å². The minimum atomic E-state index is 0.660. The van der Waals surface area contributed by atoms with E-state index >= 15 is 0 Å². The summed E-state index contributed by atoms with van der Waals surface area (Å²) in [5.74, 6) is 1.65. The lowest BCUT2D eigenvalue weighted by atomic mass is 10.3. The van der Waals surface area contributed by atoms with Crippen molar-refractivity contribution in [2.75, 3.05) is 0 Å². The third-order valence-corrected chi connectivity index (χ3v) is 3.85. The molecule has 0 atom stereocenters. The van der Waals surface area contributed by atoms with Gasteiger partial charge in [0.15, 0.2) is 4.67 Å². The zero-order valence-corrected chi connectivity index (χ0v) is 12.4. The van der Waals surface area contributed by atoms with Crippen LogP contribution in [0, 0.1) is 6.92 Å². The number of hydrogen-bond donors (Lipinski definition) is 1. The van der Waals surface area contributed by atoms with Gasteiger partial charge in [-0.15, -0.1) is 0 Å². The number of nitrogens with zero attached hydrogens (tertiary/aromatic N) is 2. The lowest BCUT2D eigenvalue weighted by Crippen LogP contribution is -2.13. The Labute approximate surface area is 116 Å². The van der Waals surface area contributed by atoms with Gasteiger partial charge in [-0.1, -0.05) is 0 Å². The molecule has 0 aliphatic carbocycles. The van der Waals surface area contributed by atoms with Gasteiger partial charge in [0, 0.05) is 12.7 Å². The third-order valence-electron chi connectivity index (χ3n) is 2.14. The molecule has 0 fully saturated rings. The van der Waals surface area contributed by atoms with Gasteiger partial charge in [0.2, 0.25) is 0 Å². The highest BCUT2D eigenvalue weighted by Gasteiger charge is 2.05. The molecule has 0 aliphatic rings. The first-order valence-corrected chi connectivity index (χ1v) is 6.66. The molecule has 0 spiro atoms. The fourth-order valence-corrected chi connectivity index (χ4v) is 2.05. The number of furan rings is 1. The monoisotopic (exact) mass is 359 g/mol. The van der Waals surface area contributed by atoms with Crippen molar-refractivity contribution in [2.45, 2.75) is 20.0 Å². The van der Waals surface area contributed by atoms with Gasteiger partial charge in [0.05, 0.1) is 16.7 Å². The van der Waals surface area contributed by atoms with E-state index < -0.39 is 0 Å². The Hall–Kier alpha value is -0.720. The molecule has 2 aromatic heterocycles. The summed E-state index contributed by atoms with van der Waals surface area (Å²) in [5, 5.41) is 3.26. The van der Waals surface area contributed by atoms with E-state index in [-0.39, 0.29) is 0 Å². The molecule has 1 N–H and O–H groups in total. The van der Waals surface area contributed by atoms with Crippen LogP contribution in [-0.4, -0.2) is 9.97 Å². The Morgan fingerprint density at radius 1 is 1.35 bits per heavy atom. The topological polar surface area (TPSA) is 51.0 Å². The first kappa shape index (κ1) is 12.7. The maximum Gasteiger partial charge on any atom is 0.183 e. The summed E-state index contributed by atoms with van der Waals surface area (Å²) in [6.07, 6.45) is 1.76. The quantitative estimate of drug-likeness (QED) is 0.909. The molecular weight excluding hydrogens is 350 g/mol. The fraction of sp³-hybridized carbons (Fsp3) is 0.273. The predicted molar refractivity (Wildman–Crippen MR) is 71.4 cm³/mol. The molecule has 0 saturated heterocycles. The summed E-state index contributed by atoms with van der Waals surface area (Å²) in [7, 11) is 0. The van der Waals surface area contributed by atoms with Crippen LogP contribution in [-0.2, 0) is 13.1 Å². The standard InChI is InChI=1S/C11H11Br2N3O/c1-7-15-3-2-8(16-7)5-14-6-9-4-10(12)11(13)17-9/h2-4,14H,5-6H2,1H3. The molecule has 6 heteroatoms. The van der Waals surface area contributed by atoms with Crippen LogP contribution < -0.4 is 5.32 Å². The highest BCUT2D eigenvalue weighted by atomic mass is 79.9. The van der Waals surface area contributed by atoms with Crippen LogP contribution in [0.1, 0.15) is 17.3 Å². The molecule has 0 aliphatic heterocycles. The maximum atomic E-state index is 5.45. The normalized spacial score (nSPS) is 10.8. The van der Waals surface area contributed by atoms with E-state index in [0.29, 0.717) is 17.8 Å². The molecule has 4 nitrogen and oxygen atoms in total. The zero-order valence-electron chi connectivity index (χ0n) is 9.20. The predicted octanol–water partition coefficient (Wildman–Crippen LogP) is 3.19. The summed E-state index contributed by atoms with van der Waals surface area (Å²) in [6, 6.07) is 3.83. The maximum absolute atomic E-state index is 5.45. The van der Waals surface area contributed by atoms with E-state index in [1.165, 1.54) is 0 Å². The summed E-state index contributed by atoms with van der Waals surface area (Å²) in [4.78, 5) is 8.36. The molecular formula is C11H11Br2N3O. The van der Waals surface area contributed by atoms with Crippen LogP contribution in [0.2, 0.25) is 0 Å². The Morgan fingerprint density at radius 3 is 2.82 bits per heavy atom. The Balaban J connectivity index is 1.87. The van der Waals surface area contributed by atoms with E-state index in [1.807, 2.05) is 19.1 Å². The molecule has 0 aromatic carbocycles. The highest BCUT2D eigenvalue weighted by molar-refractivity contribution is 9.13. The third kappa shape index (κ3) is 3.62. The molecule has 0 unspecified atom stereocenters. The number of rotatable bonds is 4. The average molecular weight is 361 g/mol. The second kappa shape index (κ2) is 5.75. The Morgan fingerprint density at radius 2 is 2.18 bits per heavy atom. The van der Waals surface area contributed by atoms with Crippen molar-refractivity contribution in [3.8, 4) is 0 Å². The lowest BCUT2D eigenvalue weighted by Gasteiger charge is -2.02. The number of aryl methyl sites for hydroxylation is 1. The van der Waals surface area contributed by atoms with Gasteiger partial charge in [-0.2, -0.15) is 0 Å². The molecule has 0 saturated carbocycles. The zero-order chi connectivity index (χ0) is 12.3. The van der Waals surface area contributed by atoms with Crippen LogP contribution in [0.15, 0.2) is 31.9 Å². The lowest BCUT2D eigenvalue weighted by molar-refractivity contribution is 0.463. The van der Waals surface area contributed by atoms with Crippen molar-refractivity contribution in [3.05, 3.63) is 44.8 Å². The summed E-state index contributed by atoms with van der Waals surface area (Å²) in [5.41, 5.74) is 0.974. The molecule has 90 valence electrons. The van der Waals surface area contributed by atoms with E-state index in [1.54, 1.807) is 6.20 Å². The van der Waals surface area contributed by atoms with Crippen LogP contribution >= 0.6 is 31.9 Å². The van der Waals surface area contributed by atoms with Crippen molar-refractivity contribution < 1.29 is 4.42 Å². The van der Waals surface area contributed by atoms with Crippen molar-refractivity contribution in [3.63, 3.8) is 0 Å². The molecule has 0 amide bonds. The summed E-state index contributed by atoms with van der Waals surface area (Å²) < 4.78 is 7.09. The van der Waals surface area contributed by atoms with Crippen molar-refractivity contribution in [2.24, 2.45) is 0 Å². The van der Waals surface area contributed by atoms with Crippen LogP contribution in [0.5, 0.6) is 0 Å². The number of hydrogen-bond acceptors (Lipinski definition) is 4. The molecule has 2 rings (SSSR count). The molecule has 0 radical (unpaired) electrons. The van der Waals surface area contributed by atoms with Crippen LogP contribution in [0.25, 0.3) is 0 Å². The Bertz CT molecular complexity index is 494. The van der Waals surface area contributed by atoms with Crippen molar-refractivity contribution in [1.82, 2.24) is 15.3 Å². The molecule has 2 aromatic rings. The smallest absolute Gasteiger partial charge is 0.183 e. The minimum absolute atomic E-state index is 0.660. The first-order chi connectivity index (χ1) is 8.15. The van der Waals surface area contributed by atoms with Gasteiger partial charge in [0.1, 0.15) is 11.6 Å². The average Bonchev–Trinajstić information content (AvgIpc) is 2.58. The van der Waals surface area contributed by atoms with Crippen LogP contribution in [0.3, 0.4) is 0 Å². The summed E-state index contributed by atoms with van der Waals surface area (Å²) >= 11 is 6.67. The second-order valence-electron chi connectivity index (χ2n) is 3.53. The highest BCUT2D eigenvalue weighted by Crippen LogP contribution is 2.26. The van der Waals surface area contributed by atoms with E-state index in [9.17, 15) is 0 Å². The van der Waals surface area contributed by atoms with E-state index in [4.69, 9.17) is 4.42 Å². The van der Waals surface area contributed by atoms with Crippen LogP contribution in [0.4, 0.5) is 0 Å². The minimum Gasteiger partial charge on any atom is -0.452 e. The van der Waals surface area contributed by atoms with E-state index in [0.717, 1.165) is 21.8 Å². The number of halogens is 2. The van der Waals surface area contributed by atoms with Gasteiger partial charge in [-0.25, -0.2) is 9.97 Å². The Kier molecular flexibility index (Phi) is 4.31. The van der Waals surface area contributed by atoms with Crippen molar-refractivity contribution in [1.29, 1.82) is 0 Å². The summed E-state index contributed by atoms with van der Waals surface area (Å²) in [6.45, 7) is 3.23. The molecule has 0 bridgehead atoms.